The van der Waals surface area contributed by atoms with E-state index < -0.39 is 0 Å². The largest absolute Gasteiger partial charge is 0.496 e. The van der Waals surface area contributed by atoms with Crippen LogP contribution in [0.25, 0.3) is 0 Å². The van der Waals surface area contributed by atoms with Gasteiger partial charge in [-0.05, 0) is 31.0 Å². The van der Waals surface area contributed by atoms with E-state index in [9.17, 15) is 4.79 Å². The van der Waals surface area contributed by atoms with Gasteiger partial charge in [0, 0.05) is 31.4 Å². The second kappa shape index (κ2) is 7.26. The van der Waals surface area contributed by atoms with E-state index in [-0.39, 0.29) is 12.0 Å². The van der Waals surface area contributed by atoms with Crippen molar-refractivity contribution in [2.45, 2.75) is 25.6 Å². The fourth-order valence-electron chi connectivity index (χ4n) is 2.30. The van der Waals surface area contributed by atoms with Crippen LogP contribution in [0.15, 0.2) is 18.2 Å². The first-order chi connectivity index (χ1) is 9.74. The molecule has 0 spiro atoms. The lowest BCUT2D eigenvalue weighted by atomic mass is 10.1. The molecule has 0 unspecified atom stereocenters. The van der Waals surface area contributed by atoms with Gasteiger partial charge < -0.3 is 19.5 Å². The molecule has 1 aliphatic heterocycles. The first kappa shape index (κ1) is 14.8. The molecule has 0 saturated carbocycles. The summed E-state index contributed by atoms with van der Waals surface area (Å²) in [4.78, 5) is 12.1. The van der Waals surface area contributed by atoms with Crippen LogP contribution in [0.2, 0.25) is 0 Å². The summed E-state index contributed by atoms with van der Waals surface area (Å²) in [6, 6.07) is 5.34. The van der Waals surface area contributed by atoms with E-state index in [1.54, 1.807) is 32.4 Å². The number of benzene rings is 1. The zero-order valence-electron chi connectivity index (χ0n) is 12.0. The van der Waals surface area contributed by atoms with E-state index in [1.165, 1.54) is 0 Å². The topological polar surface area (TPSA) is 56.8 Å². The highest BCUT2D eigenvalue weighted by Crippen LogP contribution is 2.20. The number of nitrogens with one attached hydrogen (secondary N) is 1. The highest BCUT2D eigenvalue weighted by molar-refractivity contribution is 5.94. The highest BCUT2D eigenvalue weighted by Gasteiger charge is 2.17. The number of rotatable bonds is 6. The van der Waals surface area contributed by atoms with Gasteiger partial charge >= 0.3 is 0 Å². The Hall–Kier alpha value is -1.59. The monoisotopic (exact) mass is 279 g/mol. The average Bonchev–Trinajstić information content (AvgIpc) is 2.98. The molecule has 1 amide bonds. The molecule has 1 aliphatic rings. The Morgan fingerprint density at radius 2 is 2.30 bits per heavy atom. The quantitative estimate of drug-likeness (QED) is 0.862. The maximum absolute atomic E-state index is 12.1. The number of methoxy groups -OCH3 is 2. The second-order valence-electron chi connectivity index (χ2n) is 4.80. The van der Waals surface area contributed by atoms with Crippen molar-refractivity contribution in [3.63, 3.8) is 0 Å². The standard InChI is InChI=1S/C15H21NO4/c1-18-10-12-8-11(5-6-14(12)19-2)15(17)16-9-13-4-3-7-20-13/h5-6,8,13H,3-4,7,9-10H2,1-2H3,(H,16,17)/t13-/m0/s1. The van der Waals surface area contributed by atoms with Gasteiger partial charge in [-0.2, -0.15) is 0 Å². The number of amides is 1. The van der Waals surface area contributed by atoms with E-state index >= 15 is 0 Å². The van der Waals surface area contributed by atoms with Crippen LogP contribution in [0.5, 0.6) is 5.75 Å². The van der Waals surface area contributed by atoms with Crippen molar-refractivity contribution in [2.75, 3.05) is 27.4 Å². The second-order valence-corrected chi connectivity index (χ2v) is 4.80. The number of hydrogen-bond donors (Lipinski definition) is 1. The molecule has 5 heteroatoms. The summed E-state index contributed by atoms with van der Waals surface area (Å²) >= 11 is 0. The SMILES string of the molecule is COCc1cc(C(=O)NC[C@@H]2CCCO2)ccc1OC. The molecule has 0 radical (unpaired) electrons. The molecular weight excluding hydrogens is 258 g/mol. The fourth-order valence-corrected chi connectivity index (χ4v) is 2.30. The highest BCUT2D eigenvalue weighted by atomic mass is 16.5. The van der Waals surface area contributed by atoms with Crippen molar-refractivity contribution in [2.24, 2.45) is 0 Å². The summed E-state index contributed by atoms with van der Waals surface area (Å²) in [5.74, 6) is 0.628. The molecule has 0 bridgehead atoms. The van der Waals surface area contributed by atoms with Gasteiger partial charge in [-0.25, -0.2) is 0 Å². The Kier molecular flexibility index (Phi) is 5.38. The van der Waals surface area contributed by atoms with Crippen molar-refractivity contribution in [1.29, 1.82) is 0 Å². The van der Waals surface area contributed by atoms with Crippen LogP contribution < -0.4 is 10.1 Å². The molecular formula is C15H21NO4. The van der Waals surface area contributed by atoms with E-state index in [2.05, 4.69) is 5.32 Å². The minimum atomic E-state index is -0.0968. The first-order valence-electron chi connectivity index (χ1n) is 6.80. The van der Waals surface area contributed by atoms with Gasteiger partial charge in [0.15, 0.2) is 0 Å². The minimum Gasteiger partial charge on any atom is -0.496 e. The fraction of sp³-hybridized carbons (Fsp3) is 0.533. The maximum atomic E-state index is 12.1. The third kappa shape index (κ3) is 3.71. The Morgan fingerprint density at radius 1 is 1.45 bits per heavy atom. The van der Waals surface area contributed by atoms with E-state index in [4.69, 9.17) is 14.2 Å². The third-order valence-corrected chi connectivity index (χ3v) is 3.36. The number of hydrogen-bond acceptors (Lipinski definition) is 4. The molecule has 2 rings (SSSR count). The molecule has 0 aromatic heterocycles. The Morgan fingerprint density at radius 3 is 2.95 bits per heavy atom. The maximum Gasteiger partial charge on any atom is 0.251 e. The van der Waals surface area contributed by atoms with Gasteiger partial charge in [0.1, 0.15) is 5.75 Å². The summed E-state index contributed by atoms with van der Waals surface area (Å²) in [5.41, 5.74) is 1.47. The normalized spacial score (nSPS) is 18.0. The van der Waals surface area contributed by atoms with Crippen molar-refractivity contribution >= 4 is 5.91 Å². The summed E-state index contributed by atoms with van der Waals surface area (Å²) in [6.45, 7) is 1.77. The summed E-state index contributed by atoms with van der Waals surface area (Å²) < 4.78 is 15.8. The van der Waals surface area contributed by atoms with Gasteiger partial charge in [0.05, 0.1) is 19.8 Å². The Balaban J connectivity index is 1.99. The molecule has 5 nitrogen and oxygen atoms in total. The Labute approximate surface area is 119 Å². The summed E-state index contributed by atoms with van der Waals surface area (Å²) in [5, 5.41) is 2.90. The lowest BCUT2D eigenvalue weighted by Crippen LogP contribution is -2.31. The molecule has 1 N–H and O–H groups in total. The van der Waals surface area contributed by atoms with Crippen LogP contribution >= 0.6 is 0 Å². The zero-order valence-corrected chi connectivity index (χ0v) is 12.0. The lowest BCUT2D eigenvalue weighted by molar-refractivity contribution is 0.0857. The number of carbonyl (C=O) groups excluding carboxylic acids is 1. The van der Waals surface area contributed by atoms with Gasteiger partial charge in [-0.1, -0.05) is 0 Å². The Bertz CT molecular complexity index is 455. The molecule has 1 aromatic carbocycles. The molecule has 110 valence electrons. The van der Waals surface area contributed by atoms with Gasteiger partial charge in [-0.3, -0.25) is 4.79 Å². The average molecular weight is 279 g/mol. The van der Waals surface area contributed by atoms with E-state index in [1.807, 2.05) is 0 Å². The number of ether oxygens (including phenoxy) is 3. The molecule has 1 heterocycles. The van der Waals surface area contributed by atoms with Crippen LogP contribution in [0.1, 0.15) is 28.8 Å². The van der Waals surface area contributed by atoms with Crippen molar-refractivity contribution in [3.8, 4) is 5.75 Å². The van der Waals surface area contributed by atoms with Gasteiger partial charge in [0.2, 0.25) is 0 Å². The van der Waals surface area contributed by atoms with E-state index in [0.717, 1.165) is 30.8 Å². The molecule has 1 atom stereocenters. The van der Waals surface area contributed by atoms with Crippen molar-refractivity contribution in [1.82, 2.24) is 5.32 Å². The molecule has 1 aromatic rings. The van der Waals surface area contributed by atoms with Crippen molar-refractivity contribution < 1.29 is 19.0 Å². The molecule has 1 saturated heterocycles. The van der Waals surface area contributed by atoms with E-state index in [0.29, 0.717) is 18.7 Å². The predicted octanol–water partition coefficient (Wildman–Crippen LogP) is 1.75. The molecule has 20 heavy (non-hydrogen) atoms. The summed E-state index contributed by atoms with van der Waals surface area (Å²) in [7, 11) is 3.22. The van der Waals surface area contributed by atoms with Gasteiger partial charge in [-0.15, -0.1) is 0 Å². The zero-order chi connectivity index (χ0) is 14.4. The molecule has 0 aliphatic carbocycles. The first-order valence-corrected chi connectivity index (χ1v) is 6.80. The van der Waals surface area contributed by atoms with Crippen LogP contribution in [0, 0.1) is 0 Å². The van der Waals surface area contributed by atoms with Crippen LogP contribution in [0.4, 0.5) is 0 Å². The smallest absolute Gasteiger partial charge is 0.251 e. The lowest BCUT2D eigenvalue weighted by Gasteiger charge is -2.12. The predicted molar refractivity (Wildman–Crippen MR) is 75.0 cm³/mol. The minimum absolute atomic E-state index is 0.0968. The van der Waals surface area contributed by atoms with Crippen LogP contribution in [-0.4, -0.2) is 39.4 Å². The summed E-state index contributed by atoms with van der Waals surface area (Å²) in [6.07, 6.45) is 2.23. The van der Waals surface area contributed by atoms with Gasteiger partial charge in [0.25, 0.3) is 5.91 Å². The van der Waals surface area contributed by atoms with Crippen molar-refractivity contribution in [3.05, 3.63) is 29.3 Å². The van der Waals surface area contributed by atoms with Crippen LogP contribution in [0.3, 0.4) is 0 Å². The number of carbonyl (C=O) groups is 1. The molecule has 1 fully saturated rings. The third-order valence-electron chi connectivity index (χ3n) is 3.36. The van der Waals surface area contributed by atoms with Crippen LogP contribution in [-0.2, 0) is 16.1 Å².